The number of amidine groups is 1. The Morgan fingerprint density at radius 3 is 2.75 bits per heavy atom. The van der Waals surface area contributed by atoms with E-state index in [1.807, 2.05) is 14.0 Å². The van der Waals surface area contributed by atoms with E-state index in [1.54, 1.807) is 4.68 Å². The number of aromatic nitrogens is 2. The van der Waals surface area contributed by atoms with Crippen molar-refractivity contribution in [1.82, 2.24) is 9.78 Å². The Labute approximate surface area is 118 Å². The minimum Gasteiger partial charge on any atom is -0.409 e. The zero-order valence-corrected chi connectivity index (χ0v) is 12.1. The highest BCUT2D eigenvalue weighted by atomic mass is 16.4. The number of hydrogen-bond donors (Lipinski definition) is 3. The molecule has 7 nitrogen and oxygen atoms in total. The molecule has 0 saturated heterocycles. The van der Waals surface area contributed by atoms with Gasteiger partial charge >= 0.3 is 0 Å². The van der Waals surface area contributed by atoms with Crippen molar-refractivity contribution >= 4 is 11.7 Å². The van der Waals surface area contributed by atoms with E-state index in [0.29, 0.717) is 18.0 Å². The third kappa shape index (κ3) is 2.58. The smallest absolute Gasteiger partial charge is 0.175 e. The molecule has 0 amide bonds. The van der Waals surface area contributed by atoms with Crippen LogP contribution in [0.3, 0.4) is 0 Å². The number of nitrogens with two attached hydrogens (primary N) is 1. The molecule has 0 aliphatic heterocycles. The average molecular weight is 281 g/mol. The van der Waals surface area contributed by atoms with Crippen molar-refractivity contribution in [1.29, 1.82) is 0 Å². The lowest BCUT2D eigenvalue weighted by atomic mass is 9.91. The highest BCUT2D eigenvalue weighted by Gasteiger charge is 2.30. The van der Waals surface area contributed by atoms with Gasteiger partial charge < -0.3 is 20.9 Å². The summed E-state index contributed by atoms with van der Waals surface area (Å²) in [5, 5.41) is 25.6. The first-order chi connectivity index (χ1) is 9.60. The molecular formula is C13H23N5O2. The molecule has 1 fully saturated rings. The molecule has 2 rings (SSSR count). The lowest BCUT2D eigenvalue weighted by Crippen LogP contribution is -2.43. The van der Waals surface area contributed by atoms with Crippen molar-refractivity contribution in [2.75, 3.05) is 18.1 Å². The SMILES string of the molecule is Cc1nn(C)c(N(CCCO)C2CCC2)c1C(N)=NO. The number of aliphatic hydroxyl groups is 1. The minimum absolute atomic E-state index is 0.0823. The van der Waals surface area contributed by atoms with Gasteiger partial charge in [0.2, 0.25) is 0 Å². The maximum Gasteiger partial charge on any atom is 0.175 e. The Morgan fingerprint density at radius 1 is 1.55 bits per heavy atom. The van der Waals surface area contributed by atoms with Crippen LogP contribution in [0.4, 0.5) is 5.82 Å². The Morgan fingerprint density at radius 2 is 2.25 bits per heavy atom. The predicted molar refractivity (Wildman–Crippen MR) is 77.1 cm³/mol. The summed E-state index contributed by atoms with van der Waals surface area (Å²) in [5.41, 5.74) is 7.23. The summed E-state index contributed by atoms with van der Waals surface area (Å²) in [6, 6.07) is 0.446. The zero-order valence-electron chi connectivity index (χ0n) is 12.1. The maximum absolute atomic E-state index is 9.10. The molecule has 1 heterocycles. The first-order valence-electron chi connectivity index (χ1n) is 6.99. The molecule has 4 N–H and O–H groups in total. The van der Waals surface area contributed by atoms with Crippen molar-refractivity contribution in [3.8, 4) is 0 Å². The van der Waals surface area contributed by atoms with Crippen molar-refractivity contribution in [2.45, 2.75) is 38.6 Å². The van der Waals surface area contributed by atoms with E-state index in [-0.39, 0.29) is 12.4 Å². The molecule has 0 bridgehead atoms. The molecular weight excluding hydrogens is 258 g/mol. The number of oxime groups is 1. The van der Waals surface area contributed by atoms with E-state index in [2.05, 4.69) is 15.2 Å². The molecule has 1 aromatic heterocycles. The summed E-state index contributed by atoms with van der Waals surface area (Å²) in [5.74, 6) is 0.954. The van der Waals surface area contributed by atoms with Crippen LogP contribution in [0.5, 0.6) is 0 Å². The van der Waals surface area contributed by atoms with Gasteiger partial charge in [0, 0.05) is 26.2 Å². The number of rotatable bonds is 6. The van der Waals surface area contributed by atoms with Crippen LogP contribution in [0, 0.1) is 6.92 Å². The second-order valence-electron chi connectivity index (χ2n) is 5.25. The maximum atomic E-state index is 9.10. The summed E-state index contributed by atoms with van der Waals surface area (Å²) < 4.78 is 1.78. The molecule has 20 heavy (non-hydrogen) atoms. The number of aryl methyl sites for hydroxylation is 2. The molecule has 0 atom stereocenters. The van der Waals surface area contributed by atoms with Crippen molar-refractivity contribution in [2.24, 2.45) is 17.9 Å². The van der Waals surface area contributed by atoms with E-state index < -0.39 is 0 Å². The first-order valence-corrected chi connectivity index (χ1v) is 6.99. The predicted octanol–water partition coefficient (Wildman–Crippen LogP) is 0.564. The van der Waals surface area contributed by atoms with Crippen molar-refractivity contribution < 1.29 is 10.3 Å². The molecule has 1 saturated carbocycles. The standard InChI is InChI=1S/C13H23N5O2/c1-9-11(12(14)16-20)13(17(2)15-9)18(7-4-8-19)10-5-3-6-10/h10,19-20H,3-8H2,1-2H3,(H2,14,16). The molecule has 1 aliphatic carbocycles. The van der Waals surface area contributed by atoms with Gasteiger partial charge in [-0.05, 0) is 32.6 Å². The van der Waals surface area contributed by atoms with Crippen LogP contribution < -0.4 is 10.6 Å². The summed E-state index contributed by atoms with van der Waals surface area (Å²) in [4.78, 5) is 2.23. The third-order valence-corrected chi connectivity index (χ3v) is 3.90. The second-order valence-corrected chi connectivity index (χ2v) is 5.25. The lowest BCUT2D eigenvalue weighted by molar-refractivity contribution is 0.282. The van der Waals surface area contributed by atoms with Gasteiger partial charge in [0.1, 0.15) is 5.82 Å². The quantitative estimate of drug-likeness (QED) is 0.306. The fourth-order valence-corrected chi connectivity index (χ4v) is 2.73. The molecule has 1 aliphatic rings. The first kappa shape index (κ1) is 14.6. The Balaban J connectivity index is 2.40. The fraction of sp³-hybridized carbons (Fsp3) is 0.692. The summed E-state index contributed by atoms with van der Waals surface area (Å²) in [6.45, 7) is 2.74. The van der Waals surface area contributed by atoms with E-state index in [9.17, 15) is 0 Å². The highest BCUT2D eigenvalue weighted by Crippen LogP contribution is 2.32. The van der Waals surface area contributed by atoms with Crippen molar-refractivity contribution in [3.05, 3.63) is 11.3 Å². The van der Waals surface area contributed by atoms with E-state index in [0.717, 1.165) is 30.9 Å². The van der Waals surface area contributed by atoms with Crippen LogP contribution >= 0.6 is 0 Å². The van der Waals surface area contributed by atoms with Gasteiger partial charge in [-0.3, -0.25) is 4.68 Å². The molecule has 0 radical (unpaired) electrons. The normalized spacial score (nSPS) is 16.2. The van der Waals surface area contributed by atoms with Crippen LogP contribution in [-0.4, -0.2) is 45.1 Å². The third-order valence-electron chi connectivity index (χ3n) is 3.90. The van der Waals surface area contributed by atoms with Gasteiger partial charge in [0.15, 0.2) is 5.84 Å². The number of nitrogens with zero attached hydrogens (tertiary/aromatic N) is 4. The fourth-order valence-electron chi connectivity index (χ4n) is 2.73. The van der Waals surface area contributed by atoms with Crippen LogP contribution in [0.2, 0.25) is 0 Å². The average Bonchev–Trinajstić information content (AvgIpc) is 2.66. The Hall–Kier alpha value is -1.76. The molecule has 0 spiro atoms. The number of hydrogen-bond acceptors (Lipinski definition) is 5. The molecule has 7 heteroatoms. The highest BCUT2D eigenvalue weighted by molar-refractivity contribution is 6.02. The zero-order chi connectivity index (χ0) is 14.7. The summed E-state index contributed by atoms with van der Waals surface area (Å²) in [6.07, 6.45) is 4.17. The minimum atomic E-state index is 0.0823. The van der Waals surface area contributed by atoms with Gasteiger partial charge in [-0.1, -0.05) is 5.16 Å². The molecule has 112 valence electrons. The van der Waals surface area contributed by atoms with Gasteiger partial charge in [0.05, 0.1) is 11.3 Å². The summed E-state index contributed by atoms with van der Waals surface area (Å²) >= 11 is 0. The number of anilines is 1. The van der Waals surface area contributed by atoms with E-state index in [1.165, 1.54) is 6.42 Å². The van der Waals surface area contributed by atoms with E-state index >= 15 is 0 Å². The lowest BCUT2D eigenvalue weighted by Gasteiger charge is -2.39. The van der Waals surface area contributed by atoms with Crippen LogP contribution in [0.15, 0.2) is 5.16 Å². The van der Waals surface area contributed by atoms with E-state index in [4.69, 9.17) is 16.0 Å². The van der Waals surface area contributed by atoms with Crippen LogP contribution in [0.1, 0.15) is 36.9 Å². The van der Waals surface area contributed by atoms with Crippen molar-refractivity contribution in [3.63, 3.8) is 0 Å². The van der Waals surface area contributed by atoms with Crippen LogP contribution in [-0.2, 0) is 7.05 Å². The molecule has 0 aromatic carbocycles. The monoisotopic (exact) mass is 281 g/mol. The Bertz CT molecular complexity index is 493. The molecule has 1 aromatic rings. The van der Waals surface area contributed by atoms with Gasteiger partial charge in [-0.15, -0.1) is 0 Å². The topological polar surface area (TPSA) is 99.9 Å². The summed E-state index contributed by atoms with van der Waals surface area (Å²) in [7, 11) is 1.86. The largest absolute Gasteiger partial charge is 0.409 e. The van der Waals surface area contributed by atoms with Gasteiger partial charge in [-0.2, -0.15) is 5.10 Å². The van der Waals surface area contributed by atoms with Crippen LogP contribution in [0.25, 0.3) is 0 Å². The molecule has 0 unspecified atom stereocenters. The van der Waals surface area contributed by atoms with Gasteiger partial charge in [-0.25, -0.2) is 0 Å². The number of aliphatic hydroxyl groups excluding tert-OH is 1. The van der Waals surface area contributed by atoms with Gasteiger partial charge in [0.25, 0.3) is 0 Å². The second kappa shape index (κ2) is 6.13. The Kier molecular flexibility index (Phi) is 4.49.